The highest BCUT2D eigenvalue weighted by atomic mass is 16.3. The Morgan fingerprint density at radius 3 is 2.52 bits per heavy atom. The summed E-state index contributed by atoms with van der Waals surface area (Å²) in [5.74, 6) is -0.388. The molecule has 0 unspecified atom stereocenters. The summed E-state index contributed by atoms with van der Waals surface area (Å²) in [5, 5.41) is 21.5. The molecule has 0 aliphatic rings. The summed E-state index contributed by atoms with van der Waals surface area (Å²) in [7, 11) is 0. The summed E-state index contributed by atoms with van der Waals surface area (Å²) >= 11 is 0. The molecule has 112 valence electrons. The molecule has 2 aromatic rings. The minimum atomic E-state index is -1.02. The summed E-state index contributed by atoms with van der Waals surface area (Å²) in [6, 6.07) is 9.36. The predicted molar refractivity (Wildman–Crippen MR) is 78.2 cm³/mol. The van der Waals surface area contributed by atoms with Crippen LogP contribution in [-0.2, 0) is 0 Å². The van der Waals surface area contributed by atoms with Crippen molar-refractivity contribution in [3.8, 4) is 5.69 Å². The topological polar surface area (TPSA) is 87.4 Å². The Kier molecular flexibility index (Phi) is 4.72. The van der Waals surface area contributed by atoms with E-state index in [1.165, 1.54) is 6.20 Å². The van der Waals surface area contributed by atoms with Crippen LogP contribution in [0.2, 0.25) is 0 Å². The van der Waals surface area contributed by atoms with Gasteiger partial charge in [-0.3, -0.25) is 9.36 Å². The number of nitrogens with zero attached hydrogens (tertiary/aromatic N) is 2. The molecule has 0 aliphatic carbocycles. The molecule has 0 radical (unpaired) electrons. The van der Waals surface area contributed by atoms with Gasteiger partial charge in [0.2, 0.25) is 0 Å². The SMILES string of the molecule is CCC(CO)(CO)NC(=O)c1cncn1-c1ccccc1. The standard InChI is InChI=1S/C15H19N3O3/c1-2-15(9-19,10-20)17-14(21)13-8-16-11-18(13)12-6-4-3-5-7-12/h3-8,11,19-20H,2,9-10H2,1H3,(H,17,21). The number of amides is 1. The van der Waals surface area contributed by atoms with E-state index in [0.717, 1.165) is 5.69 Å². The van der Waals surface area contributed by atoms with Crippen LogP contribution in [0, 0.1) is 0 Å². The van der Waals surface area contributed by atoms with Crippen LogP contribution in [0.5, 0.6) is 0 Å². The maximum absolute atomic E-state index is 12.4. The summed E-state index contributed by atoms with van der Waals surface area (Å²) < 4.78 is 1.66. The molecule has 2 rings (SSSR count). The van der Waals surface area contributed by atoms with Gasteiger partial charge in [0.25, 0.3) is 5.91 Å². The van der Waals surface area contributed by atoms with E-state index >= 15 is 0 Å². The van der Waals surface area contributed by atoms with Gasteiger partial charge in [0.1, 0.15) is 5.69 Å². The first kappa shape index (κ1) is 15.2. The van der Waals surface area contributed by atoms with Crippen LogP contribution in [0.3, 0.4) is 0 Å². The number of rotatable bonds is 6. The van der Waals surface area contributed by atoms with E-state index in [4.69, 9.17) is 0 Å². The summed E-state index contributed by atoms with van der Waals surface area (Å²) in [6.07, 6.45) is 3.43. The molecule has 0 bridgehead atoms. The van der Waals surface area contributed by atoms with E-state index < -0.39 is 5.54 Å². The molecular formula is C15H19N3O3. The fourth-order valence-corrected chi connectivity index (χ4v) is 2.00. The normalized spacial score (nSPS) is 11.4. The van der Waals surface area contributed by atoms with Gasteiger partial charge in [-0.1, -0.05) is 25.1 Å². The van der Waals surface area contributed by atoms with Gasteiger partial charge in [-0.15, -0.1) is 0 Å². The van der Waals surface area contributed by atoms with E-state index in [1.807, 2.05) is 30.3 Å². The van der Waals surface area contributed by atoms with E-state index in [-0.39, 0.29) is 19.1 Å². The third-order valence-electron chi connectivity index (χ3n) is 3.57. The van der Waals surface area contributed by atoms with Crippen LogP contribution >= 0.6 is 0 Å². The monoisotopic (exact) mass is 289 g/mol. The van der Waals surface area contributed by atoms with Crippen LogP contribution in [-0.4, -0.2) is 44.4 Å². The van der Waals surface area contributed by atoms with Gasteiger partial charge in [0.15, 0.2) is 0 Å². The van der Waals surface area contributed by atoms with Crippen molar-refractivity contribution < 1.29 is 15.0 Å². The lowest BCUT2D eigenvalue weighted by Crippen LogP contribution is -2.54. The minimum Gasteiger partial charge on any atom is -0.394 e. The first-order valence-corrected chi connectivity index (χ1v) is 6.78. The molecule has 1 aromatic carbocycles. The van der Waals surface area contributed by atoms with E-state index in [1.54, 1.807) is 17.8 Å². The number of para-hydroxylation sites is 1. The molecular weight excluding hydrogens is 270 g/mol. The molecule has 0 aliphatic heterocycles. The van der Waals surface area contributed by atoms with Gasteiger partial charge >= 0.3 is 0 Å². The Labute approximate surface area is 123 Å². The van der Waals surface area contributed by atoms with Crippen molar-refractivity contribution in [1.29, 1.82) is 0 Å². The second-order valence-electron chi connectivity index (χ2n) is 4.89. The zero-order chi connectivity index (χ0) is 15.3. The van der Waals surface area contributed by atoms with Gasteiger partial charge in [-0.2, -0.15) is 0 Å². The maximum Gasteiger partial charge on any atom is 0.270 e. The smallest absolute Gasteiger partial charge is 0.270 e. The lowest BCUT2D eigenvalue weighted by molar-refractivity contribution is 0.0647. The first-order chi connectivity index (χ1) is 10.2. The van der Waals surface area contributed by atoms with Crippen LogP contribution in [0.1, 0.15) is 23.8 Å². The zero-order valence-corrected chi connectivity index (χ0v) is 11.9. The van der Waals surface area contributed by atoms with Crippen LogP contribution < -0.4 is 5.32 Å². The number of hydrogen-bond acceptors (Lipinski definition) is 4. The van der Waals surface area contributed by atoms with Crippen molar-refractivity contribution in [3.63, 3.8) is 0 Å². The Morgan fingerprint density at radius 1 is 1.29 bits per heavy atom. The Balaban J connectivity index is 2.28. The summed E-state index contributed by atoms with van der Waals surface area (Å²) in [4.78, 5) is 16.4. The summed E-state index contributed by atoms with van der Waals surface area (Å²) in [6.45, 7) is 1.14. The van der Waals surface area contributed by atoms with Crippen molar-refractivity contribution >= 4 is 5.91 Å². The molecule has 0 atom stereocenters. The third kappa shape index (κ3) is 3.12. The molecule has 1 amide bonds. The summed E-state index contributed by atoms with van der Waals surface area (Å²) in [5.41, 5.74) is 0.138. The predicted octanol–water partition coefficient (Wildman–Crippen LogP) is 0.735. The average molecular weight is 289 g/mol. The average Bonchev–Trinajstić information content (AvgIpc) is 3.03. The van der Waals surface area contributed by atoms with Gasteiger partial charge in [0, 0.05) is 5.69 Å². The number of aliphatic hydroxyl groups excluding tert-OH is 2. The highest BCUT2D eigenvalue weighted by molar-refractivity contribution is 5.93. The van der Waals surface area contributed by atoms with Crippen LogP contribution in [0.15, 0.2) is 42.9 Å². The molecule has 21 heavy (non-hydrogen) atoms. The highest BCUT2D eigenvalue weighted by Crippen LogP contribution is 2.14. The molecule has 0 spiro atoms. The van der Waals surface area contributed by atoms with Crippen molar-refractivity contribution in [3.05, 3.63) is 48.5 Å². The fourth-order valence-electron chi connectivity index (χ4n) is 2.00. The number of aliphatic hydroxyl groups is 2. The Hall–Kier alpha value is -2.18. The molecule has 1 aromatic heterocycles. The lowest BCUT2D eigenvalue weighted by Gasteiger charge is -2.29. The van der Waals surface area contributed by atoms with Crippen molar-refractivity contribution in [2.75, 3.05) is 13.2 Å². The lowest BCUT2D eigenvalue weighted by atomic mass is 9.98. The third-order valence-corrected chi connectivity index (χ3v) is 3.57. The van der Waals surface area contributed by atoms with Gasteiger partial charge in [-0.25, -0.2) is 4.98 Å². The Morgan fingerprint density at radius 2 is 1.95 bits per heavy atom. The first-order valence-electron chi connectivity index (χ1n) is 6.78. The number of carbonyl (C=O) groups is 1. The highest BCUT2D eigenvalue weighted by Gasteiger charge is 2.30. The number of carbonyl (C=O) groups excluding carboxylic acids is 1. The van der Waals surface area contributed by atoms with Gasteiger partial charge < -0.3 is 15.5 Å². The zero-order valence-electron chi connectivity index (χ0n) is 11.9. The molecule has 1 heterocycles. The Bertz CT molecular complexity index is 583. The van der Waals surface area contributed by atoms with Crippen molar-refractivity contribution in [1.82, 2.24) is 14.9 Å². The second-order valence-corrected chi connectivity index (χ2v) is 4.89. The largest absolute Gasteiger partial charge is 0.394 e. The molecule has 6 nitrogen and oxygen atoms in total. The van der Waals surface area contributed by atoms with E-state index in [2.05, 4.69) is 10.3 Å². The van der Waals surface area contributed by atoms with Crippen molar-refractivity contribution in [2.24, 2.45) is 0 Å². The van der Waals surface area contributed by atoms with Gasteiger partial charge in [-0.05, 0) is 18.6 Å². The van der Waals surface area contributed by atoms with Gasteiger partial charge in [0.05, 0.1) is 31.3 Å². The molecule has 0 saturated heterocycles. The van der Waals surface area contributed by atoms with Crippen molar-refractivity contribution in [2.45, 2.75) is 18.9 Å². The fraction of sp³-hybridized carbons (Fsp3) is 0.333. The van der Waals surface area contributed by atoms with E-state index in [0.29, 0.717) is 12.1 Å². The number of aromatic nitrogens is 2. The quantitative estimate of drug-likeness (QED) is 0.732. The number of benzene rings is 1. The molecule has 6 heteroatoms. The van der Waals surface area contributed by atoms with E-state index in [9.17, 15) is 15.0 Å². The minimum absolute atomic E-state index is 0.328. The molecule has 0 saturated carbocycles. The van der Waals surface area contributed by atoms with Crippen LogP contribution in [0.25, 0.3) is 5.69 Å². The maximum atomic E-state index is 12.4. The number of nitrogens with one attached hydrogen (secondary N) is 1. The molecule has 3 N–H and O–H groups in total. The number of imidazole rings is 1. The second kappa shape index (κ2) is 6.51. The van der Waals surface area contributed by atoms with Crippen LogP contribution in [0.4, 0.5) is 0 Å². The number of hydrogen-bond donors (Lipinski definition) is 3. The molecule has 0 fully saturated rings.